The maximum absolute atomic E-state index is 12.9. The highest BCUT2D eigenvalue weighted by atomic mass is 16.8. The van der Waals surface area contributed by atoms with Gasteiger partial charge in [-0.15, -0.1) is 0 Å². The zero-order valence-corrected chi connectivity index (χ0v) is 15.5. The third-order valence-corrected chi connectivity index (χ3v) is 9.69. The minimum atomic E-state index is -0.321. The quantitative estimate of drug-likeness (QED) is 0.724. The smallest absolute Gasteiger partial charge is 0.312 e. The highest BCUT2D eigenvalue weighted by Crippen LogP contribution is 2.66. The second-order valence-corrected chi connectivity index (χ2v) is 11.0. The summed E-state index contributed by atoms with van der Waals surface area (Å²) in [5.74, 6) is 5.09. The van der Waals surface area contributed by atoms with Gasteiger partial charge < -0.3 is 14.2 Å². The second kappa shape index (κ2) is 4.86. The molecule has 0 aromatic rings. The van der Waals surface area contributed by atoms with Crippen molar-refractivity contribution in [2.24, 2.45) is 46.8 Å². The fourth-order valence-electron chi connectivity index (χ4n) is 9.11. The fraction of sp³-hybridized carbons (Fsp3) is 0.955. The van der Waals surface area contributed by atoms with Gasteiger partial charge in [0.1, 0.15) is 12.7 Å². The van der Waals surface area contributed by atoms with Crippen molar-refractivity contribution in [3.63, 3.8) is 0 Å². The molecule has 8 bridgehead atoms. The van der Waals surface area contributed by atoms with Gasteiger partial charge in [-0.3, -0.25) is 4.79 Å². The minimum Gasteiger partial charge on any atom is -0.462 e. The Morgan fingerprint density at radius 1 is 0.923 bits per heavy atom. The molecular formula is C22H30O4. The van der Waals surface area contributed by atoms with Crippen LogP contribution in [-0.4, -0.2) is 31.1 Å². The number of hydrogen-bond donors (Lipinski definition) is 0. The Hall–Kier alpha value is -0.610. The zero-order valence-electron chi connectivity index (χ0n) is 15.5. The molecule has 1 saturated heterocycles. The lowest BCUT2D eigenvalue weighted by Gasteiger charge is -2.40. The molecule has 9 aliphatic rings. The van der Waals surface area contributed by atoms with Crippen LogP contribution < -0.4 is 0 Å². The summed E-state index contributed by atoms with van der Waals surface area (Å²) in [5, 5.41) is 0. The van der Waals surface area contributed by atoms with E-state index in [1.54, 1.807) is 0 Å². The first-order valence-corrected chi connectivity index (χ1v) is 11.1. The summed E-state index contributed by atoms with van der Waals surface area (Å²) in [6.07, 6.45) is 11.2. The van der Waals surface area contributed by atoms with Gasteiger partial charge in [-0.25, -0.2) is 0 Å². The number of rotatable bonds is 3. The second-order valence-electron chi connectivity index (χ2n) is 11.0. The molecule has 8 saturated carbocycles. The number of ether oxygens (including phenoxy) is 3. The Morgan fingerprint density at radius 2 is 1.73 bits per heavy atom. The molecule has 9 fully saturated rings. The van der Waals surface area contributed by atoms with Gasteiger partial charge in [0, 0.05) is 11.8 Å². The van der Waals surface area contributed by atoms with E-state index in [4.69, 9.17) is 14.2 Å². The van der Waals surface area contributed by atoms with E-state index in [1.165, 1.54) is 38.5 Å². The summed E-state index contributed by atoms with van der Waals surface area (Å²) in [5.41, 5.74) is -0.140. The highest BCUT2D eigenvalue weighted by molar-refractivity contribution is 5.78. The Balaban J connectivity index is 1.02. The molecule has 0 N–H and O–H groups in total. The Labute approximate surface area is 155 Å². The maximum atomic E-state index is 12.9. The lowest BCUT2D eigenvalue weighted by Crippen LogP contribution is -2.45. The van der Waals surface area contributed by atoms with E-state index in [0.717, 1.165) is 48.9 Å². The molecule has 4 heteroatoms. The predicted molar refractivity (Wildman–Crippen MR) is 92.9 cm³/mol. The average Bonchev–Trinajstić information content (AvgIpc) is 3.36. The van der Waals surface area contributed by atoms with Crippen LogP contribution in [0.15, 0.2) is 0 Å². The third-order valence-electron chi connectivity index (χ3n) is 9.69. The molecule has 26 heavy (non-hydrogen) atoms. The summed E-state index contributed by atoms with van der Waals surface area (Å²) < 4.78 is 18.7. The topological polar surface area (TPSA) is 44.8 Å². The molecule has 8 atom stereocenters. The van der Waals surface area contributed by atoms with Crippen molar-refractivity contribution in [3.8, 4) is 0 Å². The van der Waals surface area contributed by atoms with E-state index in [-0.39, 0.29) is 23.3 Å². The van der Waals surface area contributed by atoms with Gasteiger partial charge in [-0.2, -0.15) is 0 Å². The molecule has 4 nitrogen and oxygen atoms in total. The standard InChI is InChI=1S/C22H30O4/c23-20(21-7-13-2-15(8-21)16(3-13)9-21)24-10-18-11-25-22(26-18)17-4-12-1-14(6-17)19(22)5-12/h12-19H,1-11H2. The van der Waals surface area contributed by atoms with Gasteiger partial charge in [0.2, 0.25) is 0 Å². The normalized spacial score (nSPS) is 60.6. The molecule has 142 valence electrons. The van der Waals surface area contributed by atoms with Crippen LogP contribution in [0.4, 0.5) is 0 Å². The van der Waals surface area contributed by atoms with Crippen LogP contribution in [0, 0.1) is 46.8 Å². The van der Waals surface area contributed by atoms with E-state index in [0.29, 0.717) is 25.0 Å². The SMILES string of the molecule is O=C(OCC1COC2(O1)C1CC3CC(C1)C2C3)C12CC3CC(C1)C(C3)C2. The van der Waals surface area contributed by atoms with Crippen LogP contribution in [0.1, 0.15) is 57.8 Å². The number of esters is 1. The van der Waals surface area contributed by atoms with Gasteiger partial charge in [-0.1, -0.05) is 0 Å². The van der Waals surface area contributed by atoms with Crippen molar-refractivity contribution < 1.29 is 19.0 Å². The van der Waals surface area contributed by atoms with Crippen LogP contribution in [-0.2, 0) is 19.0 Å². The number of carbonyl (C=O) groups is 1. The molecule has 1 heterocycles. The molecule has 0 aromatic carbocycles. The lowest BCUT2D eigenvalue weighted by molar-refractivity contribution is -0.235. The summed E-state index contributed by atoms with van der Waals surface area (Å²) in [6, 6.07) is 0. The largest absolute Gasteiger partial charge is 0.462 e. The Bertz CT molecular complexity index is 637. The summed E-state index contributed by atoms with van der Waals surface area (Å²) in [4.78, 5) is 12.9. The van der Waals surface area contributed by atoms with Crippen molar-refractivity contribution in [1.82, 2.24) is 0 Å². The van der Waals surface area contributed by atoms with Gasteiger partial charge in [0.15, 0.2) is 5.79 Å². The molecule has 1 aliphatic heterocycles. The molecule has 0 aromatic heterocycles. The van der Waals surface area contributed by atoms with Gasteiger partial charge in [-0.05, 0) is 87.4 Å². The summed E-state index contributed by atoms with van der Waals surface area (Å²) in [7, 11) is 0. The molecule has 8 unspecified atom stereocenters. The third kappa shape index (κ3) is 1.81. The van der Waals surface area contributed by atoms with Crippen LogP contribution >= 0.6 is 0 Å². The first-order chi connectivity index (χ1) is 12.6. The van der Waals surface area contributed by atoms with E-state index in [9.17, 15) is 4.79 Å². The summed E-state index contributed by atoms with van der Waals surface area (Å²) >= 11 is 0. The van der Waals surface area contributed by atoms with E-state index < -0.39 is 0 Å². The van der Waals surface area contributed by atoms with Crippen LogP contribution in [0.25, 0.3) is 0 Å². The van der Waals surface area contributed by atoms with Crippen molar-refractivity contribution in [1.29, 1.82) is 0 Å². The van der Waals surface area contributed by atoms with Gasteiger partial charge in [0.25, 0.3) is 0 Å². The monoisotopic (exact) mass is 358 g/mol. The van der Waals surface area contributed by atoms with E-state index in [1.807, 2.05) is 0 Å². The highest BCUT2D eigenvalue weighted by Gasteiger charge is 2.67. The number of carbonyl (C=O) groups excluding carboxylic acids is 1. The van der Waals surface area contributed by atoms with Crippen LogP contribution in [0.5, 0.6) is 0 Å². The van der Waals surface area contributed by atoms with Crippen molar-refractivity contribution >= 4 is 5.97 Å². The number of hydrogen-bond acceptors (Lipinski definition) is 4. The van der Waals surface area contributed by atoms with E-state index >= 15 is 0 Å². The van der Waals surface area contributed by atoms with Gasteiger partial charge in [0.05, 0.1) is 12.0 Å². The first-order valence-electron chi connectivity index (χ1n) is 11.1. The van der Waals surface area contributed by atoms with Crippen molar-refractivity contribution in [2.75, 3.05) is 13.2 Å². The Kier molecular flexibility index (Phi) is 2.87. The van der Waals surface area contributed by atoms with Crippen LogP contribution in [0.3, 0.4) is 0 Å². The summed E-state index contributed by atoms with van der Waals surface area (Å²) in [6.45, 7) is 1.01. The zero-order chi connectivity index (χ0) is 17.1. The molecule has 0 amide bonds. The lowest BCUT2D eigenvalue weighted by atomic mass is 9.69. The van der Waals surface area contributed by atoms with Crippen LogP contribution in [0.2, 0.25) is 0 Å². The Morgan fingerprint density at radius 3 is 2.50 bits per heavy atom. The average molecular weight is 358 g/mol. The maximum Gasteiger partial charge on any atom is 0.312 e. The van der Waals surface area contributed by atoms with Crippen molar-refractivity contribution in [2.45, 2.75) is 69.7 Å². The molecule has 9 rings (SSSR count). The minimum absolute atomic E-state index is 0.0518. The molecular weight excluding hydrogens is 328 g/mol. The molecule has 8 aliphatic carbocycles. The molecule has 1 spiro atoms. The van der Waals surface area contributed by atoms with Gasteiger partial charge >= 0.3 is 5.97 Å². The molecule has 0 radical (unpaired) electrons. The first kappa shape index (κ1) is 15.3. The van der Waals surface area contributed by atoms with E-state index in [2.05, 4.69) is 0 Å². The predicted octanol–water partition coefficient (Wildman–Crippen LogP) is 3.53. The fourth-order valence-corrected chi connectivity index (χ4v) is 9.11. The van der Waals surface area contributed by atoms with Crippen molar-refractivity contribution in [3.05, 3.63) is 0 Å².